The van der Waals surface area contributed by atoms with E-state index in [-0.39, 0.29) is 17.9 Å². The summed E-state index contributed by atoms with van der Waals surface area (Å²) in [7, 11) is -3.02. The van der Waals surface area contributed by atoms with E-state index in [1.165, 1.54) is 36.8 Å². The Hall–Kier alpha value is -3.78. The number of hydroxylamine groups is 1. The van der Waals surface area contributed by atoms with Gasteiger partial charge < -0.3 is 9.72 Å². The molecule has 0 spiro atoms. The molecule has 2 heterocycles. The quantitative estimate of drug-likeness (QED) is 0.222. The number of benzene rings is 2. The molecule has 0 aliphatic carbocycles. The highest BCUT2D eigenvalue weighted by Gasteiger charge is 2.33. The van der Waals surface area contributed by atoms with E-state index in [9.17, 15) is 28.0 Å². The van der Waals surface area contributed by atoms with Crippen LogP contribution in [0.3, 0.4) is 0 Å². The van der Waals surface area contributed by atoms with E-state index >= 15 is 0 Å². The molecule has 1 unspecified atom stereocenters. The number of para-hydroxylation sites is 1. The van der Waals surface area contributed by atoms with E-state index in [0.717, 1.165) is 20.2 Å². The number of aromatic amines is 1. The van der Waals surface area contributed by atoms with Gasteiger partial charge in [0.2, 0.25) is 10.0 Å². The van der Waals surface area contributed by atoms with Gasteiger partial charge in [-0.3, -0.25) is 19.4 Å². The summed E-state index contributed by atoms with van der Waals surface area (Å²) in [4.78, 5) is 39.9. The summed E-state index contributed by atoms with van der Waals surface area (Å²) in [5, 5.41) is 10.9. The second kappa shape index (κ2) is 10.5. The Labute approximate surface area is 209 Å². The fourth-order valence-electron chi connectivity index (χ4n) is 3.62. The molecule has 0 bridgehead atoms. The van der Waals surface area contributed by atoms with Gasteiger partial charge in [0.1, 0.15) is 22.2 Å². The van der Waals surface area contributed by atoms with Crippen molar-refractivity contribution in [3.8, 4) is 11.5 Å². The first-order valence-electron chi connectivity index (χ1n) is 10.7. The van der Waals surface area contributed by atoms with Crippen LogP contribution in [0.5, 0.6) is 11.5 Å². The molecule has 0 aliphatic rings. The second-order valence-corrected chi connectivity index (χ2v) is 10.7. The number of rotatable bonds is 9. The summed E-state index contributed by atoms with van der Waals surface area (Å²) in [6.45, 7) is -0.260. The van der Waals surface area contributed by atoms with Crippen molar-refractivity contribution < 1.29 is 23.2 Å². The Kier molecular flexibility index (Phi) is 7.35. The highest BCUT2D eigenvalue weighted by atomic mass is 32.2. The molecule has 4 aromatic rings. The average Bonchev–Trinajstić information content (AvgIpc) is 3.35. The molecular formula is C23H22N4O7S2. The number of aromatic nitrogens is 2. The van der Waals surface area contributed by atoms with Crippen LogP contribution in [0.4, 0.5) is 0 Å². The summed E-state index contributed by atoms with van der Waals surface area (Å²) in [5.74, 6) is -0.0160. The number of sulfonamides is 1. The van der Waals surface area contributed by atoms with Crippen LogP contribution in [0.25, 0.3) is 10.2 Å². The van der Waals surface area contributed by atoms with Crippen LogP contribution in [0, 0.1) is 0 Å². The molecule has 3 N–H and O–H groups in total. The number of likely N-dealkylation sites (N-methyl/N-ethyl adjacent to an activating group) is 1. The third-order valence-corrected chi connectivity index (χ3v) is 8.33. The zero-order chi connectivity index (χ0) is 25.9. The summed E-state index contributed by atoms with van der Waals surface area (Å²) in [6.07, 6.45) is -0.253. The predicted octanol–water partition coefficient (Wildman–Crippen LogP) is 2.13. The number of ether oxygens (including phenoxy) is 1. The van der Waals surface area contributed by atoms with Gasteiger partial charge in [0.25, 0.3) is 11.5 Å². The van der Waals surface area contributed by atoms with Crippen molar-refractivity contribution in [3.05, 3.63) is 86.9 Å². The number of hydrogen-bond acceptors (Lipinski definition) is 8. The Bertz CT molecular complexity index is 1590. The Morgan fingerprint density at radius 3 is 2.44 bits per heavy atom. The fourth-order valence-corrected chi connectivity index (χ4v) is 5.76. The number of carbonyl (C=O) groups is 1. The van der Waals surface area contributed by atoms with Crippen LogP contribution in [0.15, 0.2) is 80.5 Å². The van der Waals surface area contributed by atoms with Gasteiger partial charge in [-0.25, -0.2) is 18.7 Å². The molecular weight excluding hydrogens is 508 g/mol. The minimum Gasteiger partial charge on any atom is -0.457 e. The van der Waals surface area contributed by atoms with Crippen molar-refractivity contribution in [1.82, 2.24) is 19.3 Å². The minimum absolute atomic E-state index is 0.115. The number of nitrogens with one attached hydrogen (secondary N) is 2. The van der Waals surface area contributed by atoms with Gasteiger partial charge in [-0.15, -0.1) is 11.3 Å². The monoisotopic (exact) mass is 530 g/mol. The molecule has 2 aromatic heterocycles. The summed E-state index contributed by atoms with van der Waals surface area (Å²) < 4.78 is 34.2. The molecule has 1 amide bonds. The maximum atomic E-state index is 13.2. The van der Waals surface area contributed by atoms with Gasteiger partial charge in [-0.1, -0.05) is 18.2 Å². The van der Waals surface area contributed by atoms with Crippen molar-refractivity contribution in [2.24, 2.45) is 0 Å². The van der Waals surface area contributed by atoms with Crippen molar-refractivity contribution in [2.45, 2.75) is 23.9 Å². The molecule has 0 radical (unpaired) electrons. The van der Waals surface area contributed by atoms with Crippen molar-refractivity contribution in [1.29, 1.82) is 0 Å². The normalized spacial score (nSPS) is 12.5. The number of thiophene rings is 1. The van der Waals surface area contributed by atoms with Crippen LogP contribution in [0.1, 0.15) is 6.42 Å². The van der Waals surface area contributed by atoms with E-state index in [1.54, 1.807) is 35.7 Å². The largest absolute Gasteiger partial charge is 0.457 e. The smallest absolute Gasteiger partial charge is 0.328 e. The molecule has 0 saturated carbocycles. The lowest BCUT2D eigenvalue weighted by molar-refractivity contribution is -0.133. The molecule has 188 valence electrons. The topological polar surface area (TPSA) is 151 Å². The molecule has 13 heteroatoms. The van der Waals surface area contributed by atoms with Crippen molar-refractivity contribution >= 4 is 37.5 Å². The van der Waals surface area contributed by atoms with Gasteiger partial charge in [-0.2, -0.15) is 4.31 Å². The Balaban J connectivity index is 1.56. The Morgan fingerprint density at radius 1 is 1.11 bits per heavy atom. The SMILES string of the molecule is CN(C(CCn1c(=O)[nH]c2ccsc2c1=O)C(=O)NO)S(=O)(=O)c1ccc(Oc2ccccc2)cc1. The summed E-state index contributed by atoms with van der Waals surface area (Å²) >= 11 is 1.15. The third-order valence-electron chi connectivity index (χ3n) is 5.55. The highest BCUT2D eigenvalue weighted by Crippen LogP contribution is 2.25. The van der Waals surface area contributed by atoms with Crippen LogP contribution in [-0.4, -0.2) is 46.5 Å². The van der Waals surface area contributed by atoms with Crippen LogP contribution in [0.2, 0.25) is 0 Å². The van der Waals surface area contributed by atoms with E-state index in [2.05, 4.69) is 4.98 Å². The van der Waals surface area contributed by atoms with E-state index in [0.29, 0.717) is 21.7 Å². The highest BCUT2D eigenvalue weighted by molar-refractivity contribution is 7.89. The lowest BCUT2D eigenvalue weighted by Crippen LogP contribution is -2.48. The van der Waals surface area contributed by atoms with Crippen LogP contribution >= 0.6 is 11.3 Å². The molecule has 2 aromatic carbocycles. The van der Waals surface area contributed by atoms with Gasteiger partial charge >= 0.3 is 5.69 Å². The van der Waals surface area contributed by atoms with Gasteiger partial charge in [-0.05, 0) is 54.3 Å². The molecule has 0 fully saturated rings. The maximum Gasteiger partial charge on any atom is 0.328 e. The second-order valence-electron chi connectivity index (χ2n) is 7.74. The minimum atomic E-state index is -4.20. The van der Waals surface area contributed by atoms with Crippen molar-refractivity contribution in [2.75, 3.05) is 7.05 Å². The first kappa shape index (κ1) is 25.3. The lowest BCUT2D eigenvalue weighted by atomic mass is 10.2. The van der Waals surface area contributed by atoms with Crippen molar-refractivity contribution in [3.63, 3.8) is 0 Å². The Morgan fingerprint density at radius 2 is 1.78 bits per heavy atom. The average molecular weight is 531 g/mol. The van der Waals surface area contributed by atoms with Crippen LogP contribution < -0.4 is 21.5 Å². The number of H-pyrrole nitrogens is 1. The van der Waals surface area contributed by atoms with Gasteiger partial charge in [0.15, 0.2) is 0 Å². The molecule has 1 atom stereocenters. The third kappa shape index (κ3) is 5.09. The summed E-state index contributed by atoms with van der Waals surface area (Å²) in [6, 6.07) is 14.8. The summed E-state index contributed by atoms with van der Waals surface area (Å²) in [5.41, 5.74) is 0.623. The number of hydrogen-bond donors (Lipinski definition) is 3. The van der Waals surface area contributed by atoms with E-state index in [1.807, 2.05) is 6.07 Å². The standard InChI is InChI=1S/C23H22N4O7S2/c1-26(36(32,33)17-9-7-16(8-10-17)34-15-5-3-2-4-6-15)19(21(28)25-31)11-13-27-22(29)20-18(12-14-35-20)24-23(27)30/h2-10,12,14,19,31H,11,13H2,1H3,(H,24,30)(H,25,28). The molecule has 11 nitrogen and oxygen atoms in total. The maximum absolute atomic E-state index is 13.2. The molecule has 0 aliphatic heterocycles. The number of amides is 1. The predicted molar refractivity (Wildman–Crippen MR) is 133 cm³/mol. The van der Waals surface area contributed by atoms with Gasteiger partial charge in [0.05, 0.1) is 10.4 Å². The first-order valence-corrected chi connectivity index (χ1v) is 13.0. The van der Waals surface area contributed by atoms with E-state index < -0.39 is 33.2 Å². The molecule has 0 saturated heterocycles. The number of fused-ring (bicyclic) bond motifs is 1. The van der Waals surface area contributed by atoms with Crippen LogP contribution in [-0.2, 0) is 21.4 Å². The zero-order valence-electron chi connectivity index (χ0n) is 19.0. The first-order chi connectivity index (χ1) is 17.2. The zero-order valence-corrected chi connectivity index (χ0v) is 20.6. The number of carbonyl (C=O) groups excluding carboxylic acids is 1. The molecule has 4 rings (SSSR count). The number of nitrogens with zero attached hydrogens (tertiary/aromatic N) is 2. The fraction of sp³-hybridized carbons (Fsp3) is 0.174. The molecule has 36 heavy (non-hydrogen) atoms. The lowest BCUT2D eigenvalue weighted by Gasteiger charge is -2.26. The van der Waals surface area contributed by atoms with E-state index in [4.69, 9.17) is 4.74 Å². The van der Waals surface area contributed by atoms with Gasteiger partial charge in [0, 0.05) is 13.6 Å².